The molecule has 1 aromatic rings. The van der Waals surface area contributed by atoms with Crippen LogP contribution in [0.3, 0.4) is 0 Å². The van der Waals surface area contributed by atoms with E-state index in [0.717, 1.165) is 24.8 Å². The van der Waals surface area contributed by atoms with Crippen molar-refractivity contribution in [3.63, 3.8) is 0 Å². The van der Waals surface area contributed by atoms with E-state index >= 15 is 0 Å². The number of hydrogen-bond acceptors (Lipinski definition) is 4. The van der Waals surface area contributed by atoms with Gasteiger partial charge in [-0.15, -0.1) is 0 Å². The first-order valence-electron chi connectivity index (χ1n) is 8.44. The zero-order valence-electron chi connectivity index (χ0n) is 13.2. The lowest BCUT2D eigenvalue weighted by Crippen LogP contribution is -2.46. The van der Waals surface area contributed by atoms with Gasteiger partial charge in [-0.25, -0.2) is 0 Å². The molecule has 4 heteroatoms. The molecule has 0 aromatic carbocycles. The topological polar surface area (TPSA) is 45.4 Å². The lowest BCUT2D eigenvalue weighted by Gasteiger charge is -2.40. The largest absolute Gasteiger partial charge is 0.370 e. The molecule has 3 rings (SSSR count). The molecule has 2 aliphatic rings. The second-order valence-corrected chi connectivity index (χ2v) is 6.54. The van der Waals surface area contributed by atoms with Crippen molar-refractivity contribution in [3.05, 3.63) is 24.0 Å². The van der Waals surface area contributed by atoms with Crippen LogP contribution in [0, 0.1) is 0 Å². The molecule has 1 atom stereocenters. The minimum absolute atomic E-state index is 0.0175. The van der Waals surface area contributed by atoms with Crippen LogP contribution >= 0.6 is 0 Å². The first-order chi connectivity index (χ1) is 10.2. The third kappa shape index (κ3) is 3.55. The van der Waals surface area contributed by atoms with Crippen molar-refractivity contribution < 1.29 is 0 Å². The van der Waals surface area contributed by atoms with Crippen LogP contribution < -0.4 is 10.6 Å². The SMILES string of the molecule is C[C@@H](N)c1ccc(N2CCC(N3CCCCC3)CC2)cn1. The highest BCUT2D eigenvalue weighted by molar-refractivity contribution is 5.45. The lowest BCUT2D eigenvalue weighted by atomic mass is 9.99. The molecule has 3 heterocycles. The molecule has 0 unspecified atom stereocenters. The molecule has 0 saturated carbocycles. The van der Waals surface area contributed by atoms with Gasteiger partial charge in [0.1, 0.15) is 0 Å². The Morgan fingerprint density at radius 1 is 1.10 bits per heavy atom. The Balaban J connectivity index is 1.55. The summed E-state index contributed by atoms with van der Waals surface area (Å²) in [5.41, 5.74) is 8.08. The summed E-state index contributed by atoms with van der Waals surface area (Å²) in [6, 6.07) is 5.06. The monoisotopic (exact) mass is 288 g/mol. The highest BCUT2D eigenvalue weighted by Crippen LogP contribution is 2.24. The Kier molecular flexibility index (Phi) is 4.76. The minimum atomic E-state index is 0.0175. The number of likely N-dealkylation sites (tertiary alicyclic amines) is 1. The molecule has 2 saturated heterocycles. The van der Waals surface area contributed by atoms with Crippen molar-refractivity contribution in [1.29, 1.82) is 0 Å². The molecule has 0 amide bonds. The van der Waals surface area contributed by atoms with E-state index in [0.29, 0.717) is 0 Å². The Morgan fingerprint density at radius 3 is 2.38 bits per heavy atom. The maximum atomic E-state index is 5.86. The molecule has 0 radical (unpaired) electrons. The number of nitrogens with two attached hydrogens (primary N) is 1. The van der Waals surface area contributed by atoms with Crippen LogP contribution in [-0.4, -0.2) is 42.1 Å². The van der Waals surface area contributed by atoms with Crippen molar-refractivity contribution in [2.45, 2.75) is 51.1 Å². The van der Waals surface area contributed by atoms with Gasteiger partial charge in [0, 0.05) is 25.2 Å². The van der Waals surface area contributed by atoms with Crippen LogP contribution in [0.4, 0.5) is 5.69 Å². The molecule has 2 aliphatic heterocycles. The molecule has 116 valence electrons. The zero-order chi connectivity index (χ0) is 14.7. The average Bonchev–Trinajstić information content (AvgIpc) is 2.56. The van der Waals surface area contributed by atoms with Gasteiger partial charge in [-0.1, -0.05) is 6.42 Å². The number of aromatic nitrogens is 1. The van der Waals surface area contributed by atoms with Crippen LogP contribution in [-0.2, 0) is 0 Å². The third-order valence-electron chi connectivity index (χ3n) is 4.97. The van der Waals surface area contributed by atoms with E-state index in [2.05, 4.69) is 26.9 Å². The van der Waals surface area contributed by atoms with Gasteiger partial charge < -0.3 is 15.5 Å². The van der Waals surface area contributed by atoms with Crippen molar-refractivity contribution in [3.8, 4) is 0 Å². The normalized spacial score (nSPS) is 23.2. The quantitative estimate of drug-likeness (QED) is 0.928. The molecular weight excluding hydrogens is 260 g/mol. The maximum absolute atomic E-state index is 5.86. The maximum Gasteiger partial charge on any atom is 0.0569 e. The second kappa shape index (κ2) is 6.75. The van der Waals surface area contributed by atoms with E-state index in [-0.39, 0.29) is 6.04 Å². The molecular formula is C17H28N4. The van der Waals surface area contributed by atoms with Gasteiger partial charge in [-0.2, -0.15) is 0 Å². The van der Waals surface area contributed by atoms with E-state index in [1.54, 1.807) is 0 Å². The minimum Gasteiger partial charge on any atom is -0.370 e. The van der Waals surface area contributed by atoms with Crippen molar-refractivity contribution in [2.75, 3.05) is 31.1 Å². The number of anilines is 1. The Morgan fingerprint density at radius 2 is 1.81 bits per heavy atom. The predicted molar refractivity (Wildman–Crippen MR) is 87.5 cm³/mol. The predicted octanol–water partition coefficient (Wildman–Crippen LogP) is 2.56. The number of rotatable bonds is 3. The van der Waals surface area contributed by atoms with Gasteiger partial charge >= 0.3 is 0 Å². The number of nitrogens with zero attached hydrogens (tertiary/aromatic N) is 3. The van der Waals surface area contributed by atoms with E-state index in [1.807, 2.05) is 13.1 Å². The Labute approximate surface area is 128 Å². The Hall–Kier alpha value is -1.13. The summed E-state index contributed by atoms with van der Waals surface area (Å²) in [6.07, 6.45) is 8.77. The summed E-state index contributed by atoms with van der Waals surface area (Å²) >= 11 is 0. The summed E-state index contributed by atoms with van der Waals surface area (Å²) in [4.78, 5) is 9.68. The summed E-state index contributed by atoms with van der Waals surface area (Å²) < 4.78 is 0. The van der Waals surface area contributed by atoms with Crippen LogP contribution in [0.15, 0.2) is 18.3 Å². The number of piperidine rings is 2. The fourth-order valence-corrected chi connectivity index (χ4v) is 3.63. The van der Waals surface area contributed by atoms with E-state index in [4.69, 9.17) is 5.73 Å². The summed E-state index contributed by atoms with van der Waals surface area (Å²) in [5.74, 6) is 0. The fraction of sp³-hybridized carbons (Fsp3) is 0.706. The van der Waals surface area contributed by atoms with Gasteiger partial charge in [0.15, 0.2) is 0 Å². The van der Waals surface area contributed by atoms with Crippen LogP contribution in [0.2, 0.25) is 0 Å². The van der Waals surface area contributed by atoms with Crippen LogP contribution in [0.5, 0.6) is 0 Å². The molecule has 1 aromatic heterocycles. The van der Waals surface area contributed by atoms with Crippen molar-refractivity contribution in [1.82, 2.24) is 9.88 Å². The lowest BCUT2D eigenvalue weighted by molar-refractivity contribution is 0.141. The van der Waals surface area contributed by atoms with E-state index in [9.17, 15) is 0 Å². The highest BCUT2D eigenvalue weighted by Gasteiger charge is 2.25. The highest BCUT2D eigenvalue weighted by atomic mass is 15.2. The van der Waals surface area contributed by atoms with Crippen molar-refractivity contribution >= 4 is 5.69 Å². The Bertz CT molecular complexity index is 429. The summed E-state index contributed by atoms with van der Waals surface area (Å²) in [7, 11) is 0. The summed E-state index contributed by atoms with van der Waals surface area (Å²) in [5, 5.41) is 0. The molecule has 0 spiro atoms. The smallest absolute Gasteiger partial charge is 0.0569 e. The van der Waals surface area contributed by atoms with E-state index in [1.165, 1.54) is 50.9 Å². The van der Waals surface area contributed by atoms with Gasteiger partial charge in [0.2, 0.25) is 0 Å². The number of pyridine rings is 1. The third-order valence-corrected chi connectivity index (χ3v) is 4.97. The fourth-order valence-electron chi connectivity index (χ4n) is 3.63. The summed E-state index contributed by atoms with van der Waals surface area (Å²) in [6.45, 7) is 6.91. The first-order valence-corrected chi connectivity index (χ1v) is 8.44. The van der Waals surface area contributed by atoms with Crippen LogP contribution in [0.1, 0.15) is 50.8 Å². The molecule has 2 fully saturated rings. The molecule has 2 N–H and O–H groups in total. The van der Waals surface area contributed by atoms with E-state index < -0.39 is 0 Å². The van der Waals surface area contributed by atoms with Gasteiger partial charge in [0.25, 0.3) is 0 Å². The zero-order valence-corrected chi connectivity index (χ0v) is 13.2. The molecule has 4 nitrogen and oxygen atoms in total. The van der Waals surface area contributed by atoms with Crippen LogP contribution in [0.25, 0.3) is 0 Å². The van der Waals surface area contributed by atoms with Crippen molar-refractivity contribution in [2.24, 2.45) is 5.73 Å². The molecule has 0 aliphatic carbocycles. The average molecular weight is 288 g/mol. The van der Waals surface area contributed by atoms with Gasteiger partial charge in [-0.05, 0) is 57.8 Å². The standard InChI is InChI=1S/C17H28N4/c1-14(18)17-6-5-16(13-19-17)21-11-7-15(8-12-21)20-9-3-2-4-10-20/h5-6,13-15H,2-4,7-12,18H2,1H3/t14-/m1/s1. The van der Waals surface area contributed by atoms with Gasteiger partial charge in [-0.3, -0.25) is 4.98 Å². The molecule has 21 heavy (non-hydrogen) atoms. The first kappa shape index (κ1) is 14.8. The molecule has 0 bridgehead atoms. The second-order valence-electron chi connectivity index (χ2n) is 6.54. The number of hydrogen-bond donors (Lipinski definition) is 1. The van der Waals surface area contributed by atoms with Gasteiger partial charge in [0.05, 0.1) is 17.6 Å².